The lowest BCUT2D eigenvalue weighted by Gasteiger charge is -2.28. The molecule has 0 spiro atoms. The molecule has 0 saturated carbocycles. The van der Waals surface area contributed by atoms with Crippen molar-refractivity contribution in [2.24, 2.45) is 0 Å². The number of aliphatic hydroxyl groups excluding tert-OH is 2. The minimum absolute atomic E-state index is 0. The van der Waals surface area contributed by atoms with Gasteiger partial charge in [-0.3, -0.25) is 8.97 Å². The SMILES string of the molecule is C[N+](C)(CCO)C(=O)CCC(=O)[N+](C)(C)CCO.[I-].[I-]. The first-order chi connectivity index (χ1) is 8.17. The molecule has 122 valence electrons. The molecule has 0 saturated heterocycles. The molecule has 0 aromatic rings. The molecule has 0 unspecified atom stereocenters. The zero-order valence-corrected chi connectivity index (χ0v) is 16.9. The van der Waals surface area contributed by atoms with Gasteiger partial charge in [0.25, 0.3) is 0 Å². The van der Waals surface area contributed by atoms with Crippen LogP contribution in [0.1, 0.15) is 12.8 Å². The molecule has 0 heterocycles. The Bertz CT molecular complexity index is 280. The Morgan fingerprint density at radius 3 is 1.20 bits per heavy atom. The fourth-order valence-corrected chi connectivity index (χ4v) is 1.57. The summed E-state index contributed by atoms with van der Waals surface area (Å²) in [5, 5.41) is 17.7. The molecule has 0 aliphatic rings. The van der Waals surface area contributed by atoms with Gasteiger partial charge in [-0.15, -0.1) is 0 Å². The maximum atomic E-state index is 11.9. The summed E-state index contributed by atoms with van der Waals surface area (Å²) in [5.74, 6) is -0.136. The number of hydrogen-bond donors (Lipinski definition) is 2. The van der Waals surface area contributed by atoms with Gasteiger partial charge < -0.3 is 58.2 Å². The molecule has 0 rings (SSSR count). The monoisotopic (exact) mass is 516 g/mol. The number of amides is 2. The number of aliphatic hydroxyl groups is 2. The first kappa shape index (κ1) is 25.6. The van der Waals surface area contributed by atoms with Crippen molar-refractivity contribution in [3.63, 3.8) is 0 Å². The minimum Gasteiger partial charge on any atom is -1.00 e. The van der Waals surface area contributed by atoms with Crippen LogP contribution >= 0.6 is 0 Å². The maximum Gasteiger partial charge on any atom is 0.314 e. The molecular weight excluding hydrogens is 490 g/mol. The van der Waals surface area contributed by atoms with Crippen molar-refractivity contribution in [2.75, 3.05) is 54.5 Å². The van der Waals surface area contributed by atoms with Gasteiger partial charge in [0.15, 0.2) is 0 Å². The molecule has 0 aliphatic carbocycles. The van der Waals surface area contributed by atoms with Crippen LogP contribution in [-0.2, 0) is 9.59 Å². The first-order valence-electron chi connectivity index (χ1n) is 6.12. The van der Waals surface area contributed by atoms with E-state index in [0.29, 0.717) is 13.1 Å². The molecule has 2 N–H and O–H groups in total. The van der Waals surface area contributed by atoms with E-state index in [1.165, 1.54) is 0 Å². The number of hydrogen-bond acceptors (Lipinski definition) is 4. The van der Waals surface area contributed by atoms with Crippen LogP contribution in [0.3, 0.4) is 0 Å². The van der Waals surface area contributed by atoms with Gasteiger partial charge in [-0.05, 0) is 0 Å². The summed E-state index contributed by atoms with van der Waals surface area (Å²) in [6.07, 6.45) is 0.331. The molecule has 0 aromatic heterocycles. The van der Waals surface area contributed by atoms with Crippen molar-refractivity contribution < 1.29 is 76.7 Å². The van der Waals surface area contributed by atoms with Crippen LogP contribution in [0.15, 0.2) is 0 Å². The number of nitrogens with zero attached hydrogens (tertiary/aromatic N) is 2. The average Bonchev–Trinajstić information content (AvgIpc) is 2.24. The molecule has 0 aromatic carbocycles. The Kier molecular flexibility index (Phi) is 14.4. The van der Waals surface area contributed by atoms with Crippen molar-refractivity contribution in [3.05, 3.63) is 0 Å². The molecule has 0 atom stereocenters. The molecule has 20 heavy (non-hydrogen) atoms. The van der Waals surface area contributed by atoms with Crippen LogP contribution in [0.4, 0.5) is 0 Å². The lowest BCUT2D eigenvalue weighted by atomic mass is 10.2. The summed E-state index contributed by atoms with van der Waals surface area (Å²) in [5.41, 5.74) is 0. The Labute approximate surface area is 155 Å². The molecular formula is C12H26I2N2O4. The van der Waals surface area contributed by atoms with Crippen molar-refractivity contribution in [3.8, 4) is 0 Å². The zero-order valence-electron chi connectivity index (χ0n) is 12.6. The third-order valence-corrected chi connectivity index (χ3v) is 3.22. The summed E-state index contributed by atoms with van der Waals surface area (Å²) < 4.78 is 0.161. The zero-order chi connectivity index (χ0) is 14.4. The average molecular weight is 516 g/mol. The van der Waals surface area contributed by atoms with Crippen molar-refractivity contribution in [2.45, 2.75) is 12.8 Å². The third-order valence-electron chi connectivity index (χ3n) is 3.22. The van der Waals surface area contributed by atoms with Gasteiger partial charge in [-0.25, -0.2) is 9.59 Å². The van der Waals surface area contributed by atoms with E-state index in [2.05, 4.69) is 0 Å². The van der Waals surface area contributed by atoms with Crippen LogP contribution in [0, 0.1) is 0 Å². The summed E-state index contributed by atoms with van der Waals surface area (Å²) >= 11 is 0. The van der Waals surface area contributed by atoms with Crippen molar-refractivity contribution in [1.82, 2.24) is 0 Å². The number of carbonyl (C=O) groups is 2. The van der Waals surface area contributed by atoms with Gasteiger partial charge in [0.05, 0.1) is 54.2 Å². The number of rotatable bonds is 7. The second-order valence-corrected chi connectivity index (χ2v) is 5.55. The molecule has 8 heteroatoms. The predicted octanol–water partition coefficient (Wildman–Crippen LogP) is -7.03. The van der Waals surface area contributed by atoms with Crippen LogP contribution in [0.5, 0.6) is 0 Å². The standard InChI is InChI=1S/C12H26N2O4.2HI/c1-13(2,7-9-15)11(17)5-6-12(18)14(3,4)8-10-16;;/h15-16H,5-10H2,1-4H3;2*1H/q+2;;/p-2. The van der Waals surface area contributed by atoms with E-state index < -0.39 is 0 Å². The smallest absolute Gasteiger partial charge is 0.314 e. The first-order valence-corrected chi connectivity index (χ1v) is 6.12. The number of quaternary nitrogens is 2. The Morgan fingerprint density at radius 1 is 0.750 bits per heavy atom. The van der Waals surface area contributed by atoms with Gasteiger partial charge in [-0.2, -0.15) is 0 Å². The second kappa shape index (κ2) is 11.2. The van der Waals surface area contributed by atoms with E-state index in [1.807, 2.05) is 0 Å². The Morgan fingerprint density at radius 2 is 1.00 bits per heavy atom. The van der Waals surface area contributed by atoms with Crippen LogP contribution in [0.2, 0.25) is 0 Å². The van der Waals surface area contributed by atoms with Crippen LogP contribution in [0.25, 0.3) is 0 Å². The molecule has 0 radical (unpaired) electrons. The third kappa shape index (κ3) is 8.82. The van der Waals surface area contributed by atoms with E-state index >= 15 is 0 Å². The van der Waals surface area contributed by atoms with Gasteiger partial charge in [0, 0.05) is 0 Å². The van der Waals surface area contributed by atoms with E-state index in [0.717, 1.165) is 0 Å². The van der Waals surface area contributed by atoms with Gasteiger partial charge in [0.1, 0.15) is 13.1 Å². The highest BCUT2D eigenvalue weighted by Crippen LogP contribution is 2.08. The topological polar surface area (TPSA) is 74.6 Å². The van der Waals surface area contributed by atoms with E-state index in [-0.39, 0.29) is 94.8 Å². The minimum atomic E-state index is -0.0681. The van der Waals surface area contributed by atoms with Crippen LogP contribution < -0.4 is 48.0 Å². The largest absolute Gasteiger partial charge is 1.00 e. The van der Waals surface area contributed by atoms with Gasteiger partial charge in [-0.1, -0.05) is 0 Å². The van der Waals surface area contributed by atoms with Gasteiger partial charge >= 0.3 is 11.8 Å². The highest BCUT2D eigenvalue weighted by Gasteiger charge is 2.30. The molecule has 0 fully saturated rings. The van der Waals surface area contributed by atoms with Crippen molar-refractivity contribution >= 4 is 11.8 Å². The summed E-state index contributed by atoms with van der Waals surface area (Å²) in [6, 6.07) is 0. The summed E-state index contributed by atoms with van der Waals surface area (Å²) in [4.78, 5) is 23.8. The molecule has 2 amide bonds. The Hall–Kier alpha value is 0.640. The number of halogens is 2. The highest BCUT2D eigenvalue weighted by atomic mass is 127. The van der Waals surface area contributed by atoms with Crippen LogP contribution in [-0.4, -0.2) is 85.5 Å². The maximum absolute atomic E-state index is 11.9. The Balaban J connectivity index is -0.00000144. The fourth-order valence-electron chi connectivity index (χ4n) is 1.57. The summed E-state index contributed by atoms with van der Waals surface area (Å²) in [7, 11) is 6.88. The lowest BCUT2D eigenvalue weighted by Crippen LogP contribution is -3.00. The predicted molar refractivity (Wildman–Crippen MR) is 67.4 cm³/mol. The van der Waals surface area contributed by atoms with Crippen molar-refractivity contribution in [1.29, 1.82) is 0 Å². The van der Waals surface area contributed by atoms with E-state index in [4.69, 9.17) is 10.2 Å². The van der Waals surface area contributed by atoms with Gasteiger partial charge in [0.2, 0.25) is 0 Å². The normalized spacial score (nSPS) is 11.3. The lowest BCUT2D eigenvalue weighted by molar-refractivity contribution is -0.817. The number of carbonyl (C=O) groups excluding carboxylic acids is 2. The molecule has 0 aliphatic heterocycles. The quantitative estimate of drug-likeness (QED) is 0.261. The molecule has 0 bridgehead atoms. The number of likely N-dealkylation sites (N-methyl/N-ethyl adjacent to an activating group) is 2. The summed E-state index contributed by atoms with van der Waals surface area (Å²) in [6.45, 7) is 0.585. The fraction of sp³-hybridized carbons (Fsp3) is 0.833. The van der Waals surface area contributed by atoms with E-state index in [1.54, 1.807) is 28.2 Å². The second-order valence-electron chi connectivity index (χ2n) is 5.55. The highest BCUT2D eigenvalue weighted by molar-refractivity contribution is 5.77. The van der Waals surface area contributed by atoms with E-state index in [9.17, 15) is 9.59 Å². The molecule has 6 nitrogen and oxygen atoms in total.